The minimum atomic E-state index is -0.106. The second kappa shape index (κ2) is 7.91. The van der Waals surface area contributed by atoms with Crippen LogP contribution in [-0.4, -0.2) is 32.6 Å². The van der Waals surface area contributed by atoms with Gasteiger partial charge < -0.3 is 9.42 Å². The van der Waals surface area contributed by atoms with Crippen molar-refractivity contribution in [2.24, 2.45) is 0 Å². The summed E-state index contributed by atoms with van der Waals surface area (Å²) in [6, 6.07) is 11.9. The molecule has 0 aliphatic carbocycles. The van der Waals surface area contributed by atoms with Gasteiger partial charge in [-0.05, 0) is 57.5 Å². The summed E-state index contributed by atoms with van der Waals surface area (Å²) < 4.78 is 8.36. The van der Waals surface area contributed by atoms with Crippen LogP contribution in [0.4, 0.5) is 0 Å². The van der Waals surface area contributed by atoms with E-state index >= 15 is 0 Å². The molecule has 3 heterocycles. The van der Waals surface area contributed by atoms with Gasteiger partial charge in [0.2, 0.25) is 5.91 Å². The predicted molar refractivity (Wildman–Crippen MR) is 120 cm³/mol. The topological polar surface area (TPSA) is 64.2 Å². The van der Waals surface area contributed by atoms with E-state index in [0.29, 0.717) is 0 Å². The van der Waals surface area contributed by atoms with Gasteiger partial charge in [-0.2, -0.15) is 0 Å². The molecular formula is C23H24N4O2S. The summed E-state index contributed by atoms with van der Waals surface area (Å²) in [5, 5.41) is 5.03. The maximum absolute atomic E-state index is 12.8. The Balaban J connectivity index is 1.53. The Morgan fingerprint density at radius 2 is 2.00 bits per heavy atom. The summed E-state index contributed by atoms with van der Waals surface area (Å²) >= 11 is 1.62. The maximum Gasteiger partial charge on any atom is 0.246 e. The van der Waals surface area contributed by atoms with Crippen LogP contribution >= 0.6 is 11.3 Å². The lowest BCUT2D eigenvalue weighted by atomic mass is 10.2. The fourth-order valence-corrected chi connectivity index (χ4v) is 4.53. The van der Waals surface area contributed by atoms with Crippen molar-refractivity contribution in [1.29, 1.82) is 0 Å². The van der Waals surface area contributed by atoms with Crippen LogP contribution in [0.25, 0.3) is 22.1 Å². The number of hydrogen-bond donors (Lipinski definition) is 0. The fourth-order valence-electron chi connectivity index (χ4n) is 3.47. The first-order valence-electron chi connectivity index (χ1n) is 9.78. The number of hydrogen-bond acceptors (Lipinski definition) is 5. The summed E-state index contributed by atoms with van der Waals surface area (Å²) in [5.74, 6) is 1.44. The molecular weight excluding hydrogens is 396 g/mol. The molecule has 1 unspecified atom stereocenters. The molecule has 1 aromatic carbocycles. The standard InChI is InChI=1S/C23H24N4O2S/c1-14-12-18(16(3)27(14)21-13-15(2)29-25-21)10-11-22(28)26(5)17(4)23-24-19-8-6-7-9-20(19)30-23/h6-13,17H,1-5H3. The van der Waals surface area contributed by atoms with Crippen LogP contribution in [0, 0.1) is 20.8 Å². The van der Waals surface area contributed by atoms with Gasteiger partial charge in [-0.1, -0.05) is 17.3 Å². The second-order valence-electron chi connectivity index (χ2n) is 7.44. The van der Waals surface area contributed by atoms with E-state index in [1.807, 2.05) is 75.7 Å². The largest absolute Gasteiger partial charge is 0.360 e. The lowest BCUT2D eigenvalue weighted by Gasteiger charge is -2.21. The van der Waals surface area contributed by atoms with Crippen molar-refractivity contribution in [1.82, 2.24) is 19.6 Å². The van der Waals surface area contributed by atoms with E-state index in [4.69, 9.17) is 4.52 Å². The minimum Gasteiger partial charge on any atom is -0.360 e. The Bertz CT molecular complexity index is 1210. The van der Waals surface area contributed by atoms with Crippen molar-refractivity contribution < 1.29 is 9.32 Å². The zero-order valence-electron chi connectivity index (χ0n) is 17.7. The molecule has 1 amide bonds. The van der Waals surface area contributed by atoms with Crippen LogP contribution in [0.3, 0.4) is 0 Å². The third-order valence-corrected chi connectivity index (χ3v) is 6.52. The Hall–Kier alpha value is -3.19. The van der Waals surface area contributed by atoms with Gasteiger partial charge in [0.05, 0.1) is 16.3 Å². The fraction of sp³-hybridized carbons (Fsp3) is 0.261. The summed E-state index contributed by atoms with van der Waals surface area (Å²) in [7, 11) is 1.81. The van der Waals surface area contributed by atoms with Crippen LogP contribution < -0.4 is 0 Å². The summed E-state index contributed by atoms with van der Waals surface area (Å²) in [5.41, 5.74) is 3.98. The molecule has 0 spiro atoms. The van der Waals surface area contributed by atoms with Crippen molar-refractivity contribution in [3.05, 3.63) is 70.2 Å². The number of benzene rings is 1. The van der Waals surface area contributed by atoms with Crippen LogP contribution in [-0.2, 0) is 4.79 Å². The number of fused-ring (bicyclic) bond motifs is 1. The Labute approximate surface area is 179 Å². The van der Waals surface area contributed by atoms with E-state index in [1.165, 1.54) is 0 Å². The quantitative estimate of drug-likeness (QED) is 0.415. The molecule has 3 aromatic heterocycles. The van der Waals surface area contributed by atoms with Crippen molar-refractivity contribution in [2.75, 3.05) is 7.05 Å². The van der Waals surface area contributed by atoms with E-state index in [2.05, 4.69) is 16.2 Å². The third-order valence-electron chi connectivity index (χ3n) is 5.32. The van der Waals surface area contributed by atoms with Gasteiger partial charge >= 0.3 is 0 Å². The molecule has 0 saturated heterocycles. The molecule has 0 N–H and O–H groups in total. The molecule has 0 bridgehead atoms. The van der Waals surface area contributed by atoms with E-state index in [-0.39, 0.29) is 11.9 Å². The highest BCUT2D eigenvalue weighted by Gasteiger charge is 2.19. The number of thiazole rings is 1. The molecule has 0 aliphatic heterocycles. The van der Waals surface area contributed by atoms with Crippen LogP contribution in [0.2, 0.25) is 0 Å². The van der Waals surface area contributed by atoms with Gasteiger partial charge in [0.15, 0.2) is 5.82 Å². The van der Waals surface area contributed by atoms with E-state index in [1.54, 1.807) is 22.3 Å². The normalized spacial score (nSPS) is 12.7. The zero-order valence-corrected chi connectivity index (χ0v) is 18.5. The first-order valence-corrected chi connectivity index (χ1v) is 10.6. The van der Waals surface area contributed by atoms with Crippen LogP contribution in [0.5, 0.6) is 0 Å². The summed E-state index contributed by atoms with van der Waals surface area (Å²) in [4.78, 5) is 19.2. The van der Waals surface area contributed by atoms with Gasteiger partial charge in [-0.25, -0.2) is 4.98 Å². The molecule has 4 aromatic rings. The molecule has 30 heavy (non-hydrogen) atoms. The number of nitrogens with zero attached hydrogens (tertiary/aromatic N) is 4. The van der Waals surface area contributed by atoms with E-state index in [0.717, 1.165) is 43.8 Å². The highest BCUT2D eigenvalue weighted by molar-refractivity contribution is 7.18. The minimum absolute atomic E-state index is 0.0659. The molecule has 0 fully saturated rings. The Morgan fingerprint density at radius 3 is 2.70 bits per heavy atom. The summed E-state index contributed by atoms with van der Waals surface area (Å²) in [6.45, 7) is 7.89. The second-order valence-corrected chi connectivity index (χ2v) is 8.50. The number of carbonyl (C=O) groups is 1. The predicted octanol–water partition coefficient (Wildman–Crippen LogP) is 5.23. The number of amides is 1. The van der Waals surface area contributed by atoms with Crippen molar-refractivity contribution in [2.45, 2.75) is 33.7 Å². The first kappa shape index (κ1) is 20.1. The number of aromatic nitrogens is 3. The Kier molecular flexibility index (Phi) is 5.30. The van der Waals surface area contributed by atoms with Crippen molar-refractivity contribution in [3.8, 4) is 5.82 Å². The molecule has 7 heteroatoms. The number of para-hydroxylation sites is 1. The highest BCUT2D eigenvalue weighted by atomic mass is 32.1. The maximum atomic E-state index is 12.8. The lowest BCUT2D eigenvalue weighted by Crippen LogP contribution is -2.27. The monoisotopic (exact) mass is 420 g/mol. The van der Waals surface area contributed by atoms with Gasteiger partial charge in [-0.15, -0.1) is 11.3 Å². The van der Waals surface area contributed by atoms with Crippen LogP contribution in [0.15, 0.2) is 47.0 Å². The number of carbonyl (C=O) groups excluding carboxylic acids is 1. The van der Waals surface area contributed by atoms with Gasteiger partial charge in [0.1, 0.15) is 10.8 Å². The van der Waals surface area contributed by atoms with E-state index in [9.17, 15) is 4.79 Å². The zero-order chi connectivity index (χ0) is 21.4. The molecule has 154 valence electrons. The first-order chi connectivity index (χ1) is 14.3. The van der Waals surface area contributed by atoms with Gasteiger partial charge in [0.25, 0.3) is 0 Å². The van der Waals surface area contributed by atoms with Crippen molar-refractivity contribution >= 4 is 33.5 Å². The number of likely N-dealkylation sites (N-methyl/N-ethyl adjacent to an activating group) is 1. The third kappa shape index (κ3) is 3.68. The SMILES string of the molecule is Cc1cc(-n2c(C)cc(C=CC(=O)N(C)C(C)c3nc4ccccc4s3)c2C)no1. The molecule has 0 aliphatic rings. The van der Waals surface area contributed by atoms with Gasteiger partial charge in [-0.3, -0.25) is 9.36 Å². The van der Waals surface area contributed by atoms with E-state index < -0.39 is 0 Å². The number of aryl methyl sites for hydroxylation is 2. The molecule has 6 nitrogen and oxygen atoms in total. The van der Waals surface area contributed by atoms with Gasteiger partial charge in [0, 0.05) is 30.6 Å². The lowest BCUT2D eigenvalue weighted by molar-refractivity contribution is -0.126. The average molecular weight is 421 g/mol. The smallest absolute Gasteiger partial charge is 0.246 e. The summed E-state index contributed by atoms with van der Waals surface area (Å²) in [6.07, 6.45) is 3.47. The van der Waals surface area contributed by atoms with Crippen molar-refractivity contribution in [3.63, 3.8) is 0 Å². The average Bonchev–Trinajstić information content (AvgIpc) is 3.42. The molecule has 0 radical (unpaired) electrons. The Morgan fingerprint density at radius 1 is 1.23 bits per heavy atom. The molecule has 1 atom stereocenters. The highest BCUT2D eigenvalue weighted by Crippen LogP contribution is 2.29. The number of rotatable bonds is 5. The van der Waals surface area contributed by atoms with Crippen LogP contribution in [0.1, 0.15) is 40.7 Å². The molecule has 0 saturated carbocycles. The molecule has 4 rings (SSSR count).